The Balaban J connectivity index is 1.72. The summed E-state index contributed by atoms with van der Waals surface area (Å²) in [7, 11) is 0. The lowest BCUT2D eigenvalue weighted by Crippen LogP contribution is -2.42. The molecule has 1 heterocycles. The summed E-state index contributed by atoms with van der Waals surface area (Å²) >= 11 is 0. The van der Waals surface area contributed by atoms with Crippen LogP contribution in [0, 0.1) is 6.92 Å². The number of aryl methyl sites for hydroxylation is 1. The number of rotatable bonds is 6. The van der Waals surface area contributed by atoms with E-state index in [1.54, 1.807) is 6.92 Å². The number of nitrogens with one attached hydrogen (secondary N) is 1. The van der Waals surface area contributed by atoms with E-state index in [0.29, 0.717) is 17.5 Å². The normalized spacial score (nSPS) is 15.2. The van der Waals surface area contributed by atoms with Crippen molar-refractivity contribution in [1.82, 2.24) is 10.3 Å². The van der Waals surface area contributed by atoms with Gasteiger partial charge in [0.15, 0.2) is 5.89 Å². The van der Waals surface area contributed by atoms with Gasteiger partial charge in [0.2, 0.25) is 5.76 Å². The Hall–Kier alpha value is -2.63. The Kier molecular flexibility index (Phi) is 4.14. The molecule has 1 amide bonds. The highest BCUT2D eigenvalue weighted by molar-refractivity contribution is 5.95. The van der Waals surface area contributed by atoms with Crippen LogP contribution >= 0.6 is 0 Å². The molecule has 1 aromatic heterocycles. The molecule has 2 aromatic rings. The Morgan fingerprint density at radius 1 is 1.35 bits per heavy atom. The maximum atomic E-state index is 12.3. The summed E-state index contributed by atoms with van der Waals surface area (Å²) in [5.41, 5.74) is 1.33. The Morgan fingerprint density at radius 2 is 2.04 bits per heavy atom. The molecule has 2 N–H and O–H groups in total. The molecule has 6 nitrogen and oxygen atoms in total. The van der Waals surface area contributed by atoms with E-state index < -0.39 is 17.9 Å². The van der Waals surface area contributed by atoms with Crippen LogP contribution in [0.15, 0.2) is 34.7 Å². The zero-order chi connectivity index (χ0) is 16.4. The van der Waals surface area contributed by atoms with E-state index in [2.05, 4.69) is 10.3 Å². The second-order valence-electron chi connectivity index (χ2n) is 5.79. The minimum Gasteiger partial charge on any atom is -0.480 e. The zero-order valence-electron chi connectivity index (χ0n) is 12.8. The average molecular weight is 314 g/mol. The summed E-state index contributed by atoms with van der Waals surface area (Å²) in [6, 6.07) is 8.16. The van der Waals surface area contributed by atoms with Crippen molar-refractivity contribution in [3.63, 3.8) is 0 Å². The Labute approximate surface area is 133 Å². The van der Waals surface area contributed by atoms with Crippen molar-refractivity contribution in [3.05, 3.63) is 53.2 Å². The van der Waals surface area contributed by atoms with Gasteiger partial charge in [-0.25, -0.2) is 9.78 Å². The molecule has 1 saturated carbocycles. The van der Waals surface area contributed by atoms with Gasteiger partial charge in [-0.2, -0.15) is 0 Å². The second-order valence-corrected chi connectivity index (χ2v) is 5.79. The van der Waals surface area contributed by atoms with Crippen molar-refractivity contribution >= 4 is 11.9 Å². The average Bonchev–Trinajstić information content (AvgIpc) is 3.30. The van der Waals surface area contributed by atoms with Crippen molar-refractivity contribution in [2.45, 2.75) is 38.1 Å². The molecule has 23 heavy (non-hydrogen) atoms. The van der Waals surface area contributed by atoms with Gasteiger partial charge in [0, 0.05) is 12.3 Å². The summed E-state index contributed by atoms with van der Waals surface area (Å²) in [5.74, 6) is -0.643. The molecular formula is C17H18N2O4. The van der Waals surface area contributed by atoms with Gasteiger partial charge in [-0.15, -0.1) is 0 Å². The first-order valence-electron chi connectivity index (χ1n) is 7.59. The smallest absolute Gasteiger partial charge is 0.326 e. The van der Waals surface area contributed by atoms with Gasteiger partial charge in [0.1, 0.15) is 6.04 Å². The molecule has 1 aliphatic rings. The first-order valence-corrected chi connectivity index (χ1v) is 7.59. The predicted molar refractivity (Wildman–Crippen MR) is 82.3 cm³/mol. The first-order chi connectivity index (χ1) is 11.0. The number of carboxylic acids is 1. The van der Waals surface area contributed by atoms with Gasteiger partial charge in [-0.05, 0) is 25.3 Å². The van der Waals surface area contributed by atoms with Gasteiger partial charge < -0.3 is 14.8 Å². The number of carbonyl (C=O) groups is 2. The highest BCUT2D eigenvalue weighted by Gasteiger charge is 2.31. The van der Waals surface area contributed by atoms with Crippen LogP contribution in [0.5, 0.6) is 0 Å². The molecule has 0 spiro atoms. The van der Waals surface area contributed by atoms with Crippen LogP contribution in [0.1, 0.15) is 46.5 Å². The van der Waals surface area contributed by atoms with Crippen LogP contribution in [0.25, 0.3) is 0 Å². The monoisotopic (exact) mass is 314 g/mol. The van der Waals surface area contributed by atoms with Crippen LogP contribution in [-0.2, 0) is 11.2 Å². The van der Waals surface area contributed by atoms with Gasteiger partial charge in [-0.1, -0.05) is 30.3 Å². The zero-order valence-corrected chi connectivity index (χ0v) is 12.8. The molecule has 0 unspecified atom stereocenters. The minimum atomic E-state index is -1.08. The molecule has 0 bridgehead atoms. The molecule has 6 heteroatoms. The van der Waals surface area contributed by atoms with Crippen LogP contribution in [0.4, 0.5) is 0 Å². The minimum absolute atomic E-state index is 0.103. The summed E-state index contributed by atoms with van der Waals surface area (Å²) in [4.78, 5) is 28.0. The summed E-state index contributed by atoms with van der Waals surface area (Å²) < 4.78 is 5.51. The predicted octanol–water partition coefficient (Wildman–Crippen LogP) is 2.29. The third-order valence-electron chi connectivity index (χ3n) is 3.83. The van der Waals surface area contributed by atoms with Gasteiger partial charge in [0.05, 0.1) is 5.69 Å². The Morgan fingerprint density at radius 3 is 2.65 bits per heavy atom. The van der Waals surface area contributed by atoms with E-state index in [1.807, 2.05) is 30.3 Å². The fourth-order valence-electron chi connectivity index (χ4n) is 2.41. The van der Waals surface area contributed by atoms with E-state index >= 15 is 0 Å². The molecule has 120 valence electrons. The number of benzene rings is 1. The third kappa shape index (κ3) is 3.59. The molecule has 1 aromatic carbocycles. The maximum Gasteiger partial charge on any atom is 0.326 e. The topological polar surface area (TPSA) is 92.4 Å². The molecule has 3 rings (SSSR count). The molecule has 1 fully saturated rings. The number of amides is 1. The number of hydrogen-bond donors (Lipinski definition) is 2. The van der Waals surface area contributed by atoms with E-state index in [9.17, 15) is 14.7 Å². The van der Waals surface area contributed by atoms with Crippen LogP contribution in [0.3, 0.4) is 0 Å². The lowest BCUT2D eigenvalue weighted by molar-refractivity contribution is -0.139. The summed E-state index contributed by atoms with van der Waals surface area (Å²) in [6.45, 7) is 1.69. The van der Waals surface area contributed by atoms with Crippen LogP contribution in [0.2, 0.25) is 0 Å². The molecule has 0 radical (unpaired) electrons. The number of carboxylic acid groups (broad SMARTS) is 1. The van der Waals surface area contributed by atoms with Gasteiger partial charge in [-0.3, -0.25) is 4.79 Å². The second kappa shape index (κ2) is 6.24. The molecule has 1 atom stereocenters. The van der Waals surface area contributed by atoms with Crippen molar-refractivity contribution < 1.29 is 19.1 Å². The van der Waals surface area contributed by atoms with E-state index in [4.69, 9.17) is 4.42 Å². The molecular weight excluding hydrogens is 296 g/mol. The molecule has 0 aliphatic heterocycles. The molecule has 0 saturated heterocycles. The van der Waals surface area contributed by atoms with E-state index in [0.717, 1.165) is 18.4 Å². The van der Waals surface area contributed by atoms with Crippen molar-refractivity contribution in [1.29, 1.82) is 0 Å². The number of carbonyl (C=O) groups excluding carboxylic acids is 1. The quantitative estimate of drug-likeness (QED) is 0.853. The highest BCUT2D eigenvalue weighted by Crippen LogP contribution is 2.40. The van der Waals surface area contributed by atoms with Crippen LogP contribution in [-0.4, -0.2) is 28.0 Å². The van der Waals surface area contributed by atoms with Crippen molar-refractivity contribution in [3.8, 4) is 0 Å². The third-order valence-corrected chi connectivity index (χ3v) is 3.83. The number of aliphatic carboxylic acids is 1. The van der Waals surface area contributed by atoms with Crippen molar-refractivity contribution in [2.75, 3.05) is 0 Å². The van der Waals surface area contributed by atoms with Gasteiger partial charge in [0.25, 0.3) is 5.91 Å². The number of aromatic nitrogens is 1. The Bertz CT molecular complexity index is 719. The molecule has 1 aliphatic carbocycles. The van der Waals surface area contributed by atoms with Crippen LogP contribution < -0.4 is 5.32 Å². The highest BCUT2D eigenvalue weighted by atomic mass is 16.4. The maximum absolute atomic E-state index is 12.3. The standard InChI is InChI=1S/C17H18N2O4/c1-10-14(23-16(18-10)12-7-8-12)15(20)19-13(17(21)22)9-11-5-3-2-4-6-11/h2-6,12-13H,7-9H2,1H3,(H,19,20)(H,21,22)/t13-/m1/s1. The van der Waals surface area contributed by atoms with Crippen molar-refractivity contribution in [2.24, 2.45) is 0 Å². The number of oxazole rings is 1. The first kappa shape index (κ1) is 15.3. The van der Waals surface area contributed by atoms with Gasteiger partial charge >= 0.3 is 5.97 Å². The lowest BCUT2D eigenvalue weighted by atomic mass is 10.1. The fraction of sp³-hybridized carbons (Fsp3) is 0.353. The summed E-state index contributed by atoms with van der Waals surface area (Å²) in [5, 5.41) is 11.9. The lowest BCUT2D eigenvalue weighted by Gasteiger charge is -2.13. The number of nitrogens with zero attached hydrogens (tertiary/aromatic N) is 1. The largest absolute Gasteiger partial charge is 0.480 e. The van der Waals surface area contributed by atoms with E-state index in [1.165, 1.54) is 0 Å². The van der Waals surface area contributed by atoms with E-state index in [-0.39, 0.29) is 12.2 Å². The SMILES string of the molecule is Cc1nc(C2CC2)oc1C(=O)N[C@H](Cc1ccccc1)C(=O)O. The fourth-order valence-corrected chi connectivity index (χ4v) is 2.41. The number of hydrogen-bond acceptors (Lipinski definition) is 4. The summed E-state index contributed by atoms with van der Waals surface area (Å²) in [6.07, 6.45) is 2.25.